The number of hydrogen-bond donors (Lipinski definition) is 2. The zero-order valence-corrected chi connectivity index (χ0v) is 20.1. The minimum Gasteiger partial charge on any atom is -0.481 e. The van der Waals surface area contributed by atoms with Gasteiger partial charge in [-0.1, -0.05) is 61.9 Å². The van der Waals surface area contributed by atoms with Gasteiger partial charge in [-0.05, 0) is 35.6 Å². The molecule has 2 unspecified atom stereocenters. The molecule has 186 valence electrons. The monoisotopic (exact) mass is 480 g/mol. The summed E-state index contributed by atoms with van der Waals surface area (Å²) in [6.45, 7) is 4.44. The lowest BCUT2D eigenvalue weighted by Crippen LogP contribution is -2.54. The summed E-state index contributed by atoms with van der Waals surface area (Å²) in [5.41, 5.74) is 4.50. The molecule has 2 amide bonds. The van der Waals surface area contributed by atoms with E-state index in [1.165, 1.54) is 4.90 Å². The molecule has 1 saturated heterocycles. The van der Waals surface area contributed by atoms with Crippen molar-refractivity contribution < 1.29 is 29.0 Å². The van der Waals surface area contributed by atoms with Gasteiger partial charge in [-0.25, -0.2) is 4.79 Å². The third kappa shape index (κ3) is 5.03. The van der Waals surface area contributed by atoms with Gasteiger partial charge >= 0.3 is 12.1 Å². The first-order valence-corrected chi connectivity index (χ1v) is 12.2. The number of nitrogens with one attached hydrogen (secondary N) is 1. The molecule has 0 aromatic heterocycles. The molecule has 2 aromatic rings. The Morgan fingerprint density at radius 3 is 2.26 bits per heavy atom. The number of fused-ring (bicyclic) bond motifs is 3. The van der Waals surface area contributed by atoms with Gasteiger partial charge < -0.3 is 24.8 Å². The van der Waals surface area contributed by atoms with E-state index < -0.39 is 30.1 Å². The summed E-state index contributed by atoms with van der Waals surface area (Å²) in [6, 6.07) is 14.8. The molecule has 3 atom stereocenters. The molecule has 1 aliphatic heterocycles. The molecule has 1 fully saturated rings. The molecule has 8 heteroatoms. The van der Waals surface area contributed by atoms with Crippen molar-refractivity contribution in [1.82, 2.24) is 10.2 Å². The van der Waals surface area contributed by atoms with Gasteiger partial charge in [-0.3, -0.25) is 9.59 Å². The molecule has 0 bridgehead atoms. The predicted molar refractivity (Wildman–Crippen MR) is 130 cm³/mol. The normalized spacial score (nSPS) is 19.5. The molecule has 0 spiro atoms. The van der Waals surface area contributed by atoms with Crippen LogP contribution < -0.4 is 5.32 Å². The lowest BCUT2D eigenvalue weighted by molar-refractivity contribution is -0.145. The number of ether oxygens (including phenoxy) is 2. The minimum absolute atomic E-state index is 0.0715. The van der Waals surface area contributed by atoms with Crippen LogP contribution in [0.4, 0.5) is 4.79 Å². The number of likely N-dealkylation sites (N-methyl/N-ethyl adjacent to an activating group) is 1. The highest BCUT2D eigenvalue weighted by atomic mass is 16.5. The van der Waals surface area contributed by atoms with Crippen LogP contribution in [0.2, 0.25) is 0 Å². The number of alkyl carbamates (subject to hydrolysis) is 1. The second-order valence-corrected chi connectivity index (χ2v) is 8.98. The summed E-state index contributed by atoms with van der Waals surface area (Å²) in [5, 5.41) is 12.2. The lowest BCUT2D eigenvalue weighted by Gasteiger charge is -2.32. The fraction of sp³-hybridized carbons (Fsp3) is 0.444. The van der Waals surface area contributed by atoms with Gasteiger partial charge in [0.15, 0.2) is 0 Å². The summed E-state index contributed by atoms with van der Waals surface area (Å²) >= 11 is 0. The first-order valence-electron chi connectivity index (χ1n) is 12.2. The smallest absolute Gasteiger partial charge is 0.407 e. The number of aliphatic carboxylic acids is 1. The highest BCUT2D eigenvalue weighted by Crippen LogP contribution is 2.44. The van der Waals surface area contributed by atoms with Crippen molar-refractivity contribution in [3.8, 4) is 11.1 Å². The van der Waals surface area contributed by atoms with Crippen LogP contribution in [0.1, 0.15) is 43.7 Å². The van der Waals surface area contributed by atoms with Crippen LogP contribution in [0.15, 0.2) is 48.5 Å². The average molecular weight is 481 g/mol. The van der Waals surface area contributed by atoms with Crippen LogP contribution in [0.25, 0.3) is 11.1 Å². The molecule has 35 heavy (non-hydrogen) atoms. The molecule has 1 heterocycles. The summed E-state index contributed by atoms with van der Waals surface area (Å²) in [5.74, 6) is -2.16. The van der Waals surface area contributed by atoms with Crippen LogP contribution in [-0.4, -0.2) is 66.4 Å². The number of rotatable bonds is 9. The van der Waals surface area contributed by atoms with Crippen molar-refractivity contribution in [3.63, 3.8) is 0 Å². The van der Waals surface area contributed by atoms with Gasteiger partial charge in [0.05, 0.1) is 19.3 Å². The zero-order valence-electron chi connectivity index (χ0n) is 20.1. The number of amides is 2. The maximum absolute atomic E-state index is 13.3. The summed E-state index contributed by atoms with van der Waals surface area (Å²) in [6.07, 6.45) is 0.429. The van der Waals surface area contributed by atoms with E-state index in [4.69, 9.17) is 9.47 Å². The Labute approximate surface area is 205 Å². The van der Waals surface area contributed by atoms with Crippen LogP contribution >= 0.6 is 0 Å². The van der Waals surface area contributed by atoms with E-state index in [-0.39, 0.29) is 31.6 Å². The fourth-order valence-corrected chi connectivity index (χ4v) is 5.17. The maximum Gasteiger partial charge on any atom is 0.407 e. The van der Waals surface area contributed by atoms with Crippen LogP contribution in [0, 0.1) is 5.92 Å². The maximum atomic E-state index is 13.3. The first-order chi connectivity index (χ1) is 17.0. The summed E-state index contributed by atoms with van der Waals surface area (Å²) < 4.78 is 11.0. The molecule has 0 saturated carbocycles. The van der Waals surface area contributed by atoms with E-state index in [2.05, 4.69) is 17.4 Å². The third-order valence-electron chi connectivity index (χ3n) is 6.90. The Kier molecular flexibility index (Phi) is 7.70. The van der Waals surface area contributed by atoms with E-state index >= 15 is 0 Å². The van der Waals surface area contributed by atoms with Gasteiger partial charge in [-0.15, -0.1) is 0 Å². The van der Waals surface area contributed by atoms with E-state index in [1.54, 1.807) is 6.92 Å². The van der Waals surface area contributed by atoms with E-state index in [9.17, 15) is 19.5 Å². The second-order valence-electron chi connectivity index (χ2n) is 8.98. The van der Waals surface area contributed by atoms with Crippen LogP contribution in [0.5, 0.6) is 0 Å². The van der Waals surface area contributed by atoms with Gasteiger partial charge in [0.25, 0.3) is 0 Å². The molecule has 2 N–H and O–H groups in total. The van der Waals surface area contributed by atoms with Gasteiger partial charge in [-0.2, -0.15) is 0 Å². The largest absolute Gasteiger partial charge is 0.481 e. The molecule has 8 nitrogen and oxygen atoms in total. The molecular formula is C27H32N2O6. The van der Waals surface area contributed by atoms with Gasteiger partial charge in [0.2, 0.25) is 5.91 Å². The third-order valence-corrected chi connectivity index (χ3v) is 6.90. The quantitative estimate of drug-likeness (QED) is 0.568. The topological polar surface area (TPSA) is 105 Å². The van der Waals surface area contributed by atoms with Crippen LogP contribution in [-0.2, 0) is 19.1 Å². The van der Waals surface area contributed by atoms with Gasteiger partial charge in [0, 0.05) is 12.5 Å². The van der Waals surface area contributed by atoms with Crippen molar-refractivity contribution in [2.75, 3.05) is 26.4 Å². The number of carbonyl (C=O) groups is 3. The number of nitrogens with zero attached hydrogens (tertiary/aromatic N) is 1. The van der Waals surface area contributed by atoms with E-state index in [0.29, 0.717) is 19.4 Å². The fourth-order valence-electron chi connectivity index (χ4n) is 5.17. The standard InChI is InChI=1S/C27H32N2O6/c1-3-9-23(25(30)29(4-2)24-16-34-14-22(24)26(31)32)28-27(33)35-15-21-19-12-7-5-10-17(19)18-11-6-8-13-20(18)21/h5-8,10-13,21-24H,3-4,9,14-16H2,1-2H3,(H,28,33)(H,31,32)/t22?,23-,24?/m0/s1. The average Bonchev–Trinajstić information content (AvgIpc) is 3.46. The van der Waals surface area contributed by atoms with Crippen molar-refractivity contribution in [2.45, 2.75) is 44.7 Å². The number of hydrogen-bond acceptors (Lipinski definition) is 5. The Morgan fingerprint density at radius 2 is 1.69 bits per heavy atom. The van der Waals surface area contributed by atoms with E-state index in [1.807, 2.05) is 43.3 Å². The van der Waals surface area contributed by atoms with Crippen molar-refractivity contribution in [1.29, 1.82) is 0 Å². The Bertz CT molecular complexity index is 1040. The summed E-state index contributed by atoms with van der Waals surface area (Å²) in [7, 11) is 0. The molecule has 0 radical (unpaired) electrons. The van der Waals surface area contributed by atoms with Crippen LogP contribution in [0.3, 0.4) is 0 Å². The minimum atomic E-state index is -0.990. The highest BCUT2D eigenvalue weighted by molar-refractivity contribution is 5.87. The number of benzene rings is 2. The Hall–Kier alpha value is -3.39. The zero-order chi connectivity index (χ0) is 24.9. The first kappa shape index (κ1) is 24.7. The predicted octanol–water partition coefficient (Wildman–Crippen LogP) is 3.64. The van der Waals surface area contributed by atoms with E-state index in [0.717, 1.165) is 22.3 Å². The Balaban J connectivity index is 1.43. The number of carbonyl (C=O) groups excluding carboxylic acids is 2. The number of carboxylic acid groups (broad SMARTS) is 1. The second kappa shape index (κ2) is 10.9. The molecule has 1 aliphatic carbocycles. The molecule has 4 rings (SSSR count). The summed E-state index contributed by atoms with van der Waals surface area (Å²) in [4.78, 5) is 39.3. The van der Waals surface area contributed by atoms with Crippen molar-refractivity contribution in [2.24, 2.45) is 5.92 Å². The molecular weight excluding hydrogens is 448 g/mol. The van der Waals surface area contributed by atoms with Crippen molar-refractivity contribution in [3.05, 3.63) is 59.7 Å². The highest BCUT2D eigenvalue weighted by Gasteiger charge is 2.41. The lowest BCUT2D eigenvalue weighted by atomic mass is 9.98. The van der Waals surface area contributed by atoms with Crippen molar-refractivity contribution >= 4 is 18.0 Å². The molecule has 2 aromatic carbocycles. The number of carboxylic acids is 1. The SMILES string of the molecule is CCC[C@H](NC(=O)OCC1c2ccccc2-c2ccccc21)C(=O)N(CC)C1COCC1C(=O)O. The Morgan fingerprint density at radius 1 is 1.06 bits per heavy atom. The molecule has 2 aliphatic rings. The van der Waals surface area contributed by atoms with Gasteiger partial charge in [0.1, 0.15) is 18.6 Å².